The Morgan fingerprint density at radius 1 is 1.11 bits per heavy atom. The van der Waals surface area contributed by atoms with Crippen LogP contribution in [0.25, 0.3) is 0 Å². The van der Waals surface area contributed by atoms with Crippen LogP contribution in [0.5, 0.6) is 5.75 Å². The van der Waals surface area contributed by atoms with E-state index in [0.29, 0.717) is 35.5 Å². The average molecular weight is 388 g/mol. The topological polar surface area (TPSA) is 79.5 Å². The molecule has 0 heterocycles. The van der Waals surface area contributed by atoms with E-state index in [4.69, 9.17) is 16.3 Å². The number of anilines is 1. The molecule has 6 nitrogen and oxygen atoms in total. The van der Waals surface area contributed by atoms with E-state index in [0.717, 1.165) is 18.4 Å². The Balaban J connectivity index is 1.35. The molecule has 142 valence electrons. The van der Waals surface area contributed by atoms with Crippen LogP contribution in [0.1, 0.15) is 18.4 Å². The van der Waals surface area contributed by atoms with Crippen LogP contribution in [0.3, 0.4) is 0 Å². The van der Waals surface area contributed by atoms with E-state index in [1.807, 2.05) is 24.3 Å². The van der Waals surface area contributed by atoms with Gasteiger partial charge in [0.05, 0.1) is 0 Å². The second kappa shape index (κ2) is 9.28. The highest BCUT2D eigenvalue weighted by Gasteiger charge is 2.23. The van der Waals surface area contributed by atoms with Crippen molar-refractivity contribution in [3.05, 3.63) is 59.1 Å². The van der Waals surface area contributed by atoms with Crippen molar-refractivity contribution in [1.29, 1.82) is 0 Å². The van der Waals surface area contributed by atoms with E-state index in [2.05, 4.69) is 16.0 Å². The van der Waals surface area contributed by atoms with Crippen molar-refractivity contribution in [3.8, 4) is 5.75 Å². The lowest BCUT2D eigenvalue weighted by Crippen LogP contribution is -2.30. The molecule has 0 aromatic heterocycles. The number of ether oxygens (including phenoxy) is 1. The Kier molecular flexibility index (Phi) is 6.54. The largest absolute Gasteiger partial charge is 0.484 e. The van der Waals surface area contributed by atoms with E-state index in [1.54, 1.807) is 24.3 Å². The third kappa shape index (κ3) is 6.83. The zero-order valence-electron chi connectivity index (χ0n) is 14.8. The number of benzene rings is 2. The van der Waals surface area contributed by atoms with Gasteiger partial charge in [0, 0.05) is 23.3 Å². The van der Waals surface area contributed by atoms with Gasteiger partial charge in [-0.2, -0.15) is 0 Å². The number of amides is 3. The summed E-state index contributed by atoms with van der Waals surface area (Å²) in [6.07, 6.45) is 2.81. The zero-order valence-corrected chi connectivity index (χ0v) is 15.6. The van der Waals surface area contributed by atoms with Gasteiger partial charge < -0.3 is 20.7 Å². The van der Waals surface area contributed by atoms with Gasteiger partial charge in [-0.05, 0) is 55.2 Å². The van der Waals surface area contributed by atoms with Crippen molar-refractivity contribution in [3.63, 3.8) is 0 Å². The Morgan fingerprint density at radius 2 is 1.89 bits per heavy atom. The second-order valence-electron chi connectivity index (χ2n) is 6.42. The number of hydrogen-bond acceptors (Lipinski definition) is 3. The van der Waals surface area contributed by atoms with Gasteiger partial charge >= 0.3 is 6.03 Å². The molecule has 7 heteroatoms. The molecular formula is C20H22ClN3O3. The van der Waals surface area contributed by atoms with Crippen molar-refractivity contribution < 1.29 is 14.3 Å². The molecule has 2 aromatic carbocycles. The Bertz CT molecular complexity index is 791. The molecule has 0 bridgehead atoms. The molecule has 1 aliphatic carbocycles. The smallest absolute Gasteiger partial charge is 0.319 e. The summed E-state index contributed by atoms with van der Waals surface area (Å²) in [7, 11) is 0. The van der Waals surface area contributed by atoms with E-state index in [-0.39, 0.29) is 18.5 Å². The molecule has 1 aliphatic rings. The van der Waals surface area contributed by atoms with Crippen LogP contribution in [0.15, 0.2) is 48.5 Å². The van der Waals surface area contributed by atoms with Gasteiger partial charge in [0.15, 0.2) is 6.61 Å². The van der Waals surface area contributed by atoms with Crippen LogP contribution in [-0.4, -0.2) is 31.1 Å². The van der Waals surface area contributed by atoms with Crippen LogP contribution in [0.2, 0.25) is 5.02 Å². The lowest BCUT2D eigenvalue weighted by atomic mass is 10.1. The predicted molar refractivity (Wildman–Crippen MR) is 105 cm³/mol. The summed E-state index contributed by atoms with van der Waals surface area (Å²) in [6.45, 7) is 0.525. The van der Waals surface area contributed by atoms with Crippen LogP contribution < -0.4 is 20.7 Å². The normalized spacial score (nSPS) is 12.9. The molecule has 3 rings (SSSR count). The van der Waals surface area contributed by atoms with Gasteiger partial charge in [0.1, 0.15) is 5.75 Å². The van der Waals surface area contributed by atoms with Crippen molar-refractivity contribution in [1.82, 2.24) is 10.6 Å². The van der Waals surface area contributed by atoms with E-state index < -0.39 is 0 Å². The van der Waals surface area contributed by atoms with Gasteiger partial charge in [-0.15, -0.1) is 0 Å². The summed E-state index contributed by atoms with van der Waals surface area (Å²) >= 11 is 5.89. The summed E-state index contributed by atoms with van der Waals surface area (Å²) in [5, 5.41) is 8.98. The molecule has 0 unspecified atom stereocenters. The fourth-order valence-electron chi connectivity index (χ4n) is 2.46. The molecular weight excluding hydrogens is 366 g/mol. The van der Waals surface area contributed by atoms with Gasteiger partial charge in [-0.1, -0.05) is 29.8 Å². The number of urea groups is 1. The molecule has 1 saturated carbocycles. The molecule has 0 atom stereocenters. The van der Waals surface area contributed by atoms with E-state index in [9.17, 15) is 9.59 Å². The first-order valence-corrected chi connectivity index (χ1v) is 9.28. The Morgan fingerprint density at radius 3 is 2.59 bits per heavy atom. The van der Waals surface area contributed by atoms with E-state index in [1.165, 1.54) is 0 Å². The first kappa shape index (κ1) is 19.0. The summed E-state index contributed by atoms with van der Waals surface area (Å²) < 4.78 is 5.47. The molecule has 3 amide bonds. The molecule has 2 aromatic rings. The average Bonchev–Trinajstić information content (AvgIpc) is 3.45. The van der Waals surface area contributed by atoms with Crippen molar-refractivity contribution in [2.45, 2.75) is 25.3 Å². The fourth-order valence-corrected chi connectivity index (χ4v) is 2.65. The third-order valence-corrected chi connectivity index (χ3v) is 4.25. The van der Waals surface area contributed by atoms with Crippen LogP contribution in [-0.2, 0) is 11.2 Å². The molecule has 0 spiro atoms. The fraction of sp³-hybridized carbons (Fsp3) is 0.300. The quantitative estimate of drug-likeness (QED) is 0.649. The van der Waals surface area contributed by atoms with Crippen LogP contribution in [0, 0.1) is 0 Å². The molecule has 0 radical (unpaired) electrons. The standard InChI is InChI=1S/C20H22ClN3O3/c21-15-2-1-3-17(12-15)24-20(26)22-11-10-14-4-8-18(9-5-14)27-13-19(25)23-16-6-7-16/h1-5,8-9,12,16H,6-7,10-11,13H2,(H,23,25)(H2,22,24,26). The lowest BCUT2D eigenvalue weighted by Gasteiger charge is -2.09. The Hall–Kier alpha value is -2.73. The number of carbonyl (C=O) groups excluding carboxylic acids is 2. The van der Waals surface area contributed by atoms with E-state index >= 15 is 0 Å². The molecule has 3 N–H and O–H groups in total. The van der Waals surface area contributed by atoms with Gasteiger partial charge in [-0.25, -0.2) is 4.79 Å². The first-order valence-electron chi connectivity index (χ1n) is 8.90. The highest BCUT2D eigenvalue weighted by atomic mass is 35.5. The predicted octanol–water partition coefficient (Wildman–Crippen LogP) is 3.36. The molecule has 1 fully saturated rings. The number of nitrogens with one attached hydrogen (secondary N) is 3. The third-order valence-electron chi connectivity index (χ3n) is 4.02. The lowest BCUT2D eigenvalue weighted by molar-refractivity contribution is -0.123. The number of halogens is 1. The minimum absolute atomic E-state index is 0.0288. The Labute approximate surface area is 163 Å². The van der Waals surface area contributed by atoms with Crippen LogP contribution >= 0.6 is 11.6 Å². The molecule has 0 aliphatic heterocycles. The highest BCUT2D eigenvalue weighted by molar-refractivity contribution is 6.30. The number of hydrogen-bond donors (Lipinski definition) is 3. The second-order valence-corrected chi connectivity index (χ2v) is 6.85. The summed E-state index contributed by atoms with van der Waals surface area (Å²) in [5.74, 6) is 0.563. The van der Waals surface area contributed by atoms with Gasteiger partial charge in [0.2, 0.25) is 0 Å². The monoisotopic (exact) mass is 387 g/mol. The maximum Gasteiger partial charge on any atom is 0.319 e. The maximum absolute atomic E-state index is 11.9. The van der Waals surface area contributed by atoms with Crippen molar-refractivity contribution in [2.24, 2.45) is 0 Å². The summed E-state index contributed by atoms with van der Waals surface area (Å²) in [4.78, 5) is 23.5. The maximum atomic E-state index is 11.9. The number of carbonyl (C=O) groups is 2. The zero-order chi connectivity index (χ0) is 19.1. The molecule has 0 saturated heterocycles. The van der Waals surface area contributed by atoms with Crippen molar-refractivity contribution >= 4 is 29.2 Å². The van der Waals surface area contributed by atoms with Gasteiger partial charge in [0.25, 0.3) is 5.91 Å². The van der Waals surface area contributed by atoms with Crippen LogP contribution in [0.4, 0.5) is 10.5 Å². The minimum Gasteiger partial charge on any atom is -0.484 e. The summed E-state index contributed by atoms with van der Waals surface area (Å²) in [5.41, 5.74) is 1.71. The van der Waals surface area contributed by atoms with Crippen molar-refractivity contribution in [2.75, 3.05) is 18.5 Å². The highest BCUT2D eigenvalue weighted by Crippen LogP contribution is 2.18. The van der Waals surface area contributed by atoms with Gasteiger partial charge in [-0.3, -0.25) is 4.79 Å². The SMILES string of the molecule is O=C(COc1ccc(CCNC(=O)Nc2cccc(Cl)c2)cc1)NC1CC1. The first-order chi connectivity index (χ1) is 13.1. The number of rotatable bonds is 8. The summed E-state index contributed by atoms with van der Waals surface area (Å²) in [6, 6.07) is 14.5. The minimum atomic E-state index is -0.279. The molecule has 27 heavy (non-hydrogen) atoms.